The van der Waals surface area contributed by atoms with Crippen molar-refractivity contribution in [1.29, 1.82) is 0 Å². The Bertz CT molecular complexity index is 909. The molecule has 1 aliphatic rings. The maximum Gasteiger partial charge on any atom is 0.325 e. The highest BCUT2D eigenvalue weighted by Crippen LogP contribution is 2.29. The molecule has 2 heterocycles. The predicted molar refractivity (Wildman–Crippen MR) is 100 cm³/mol. The monoisotopic (exact) mass is 385 g/mol. The Hall–Kier alpha value is -3.00. The minimum absolute atomic E-state index is 0.157. The first kappa shape index (κ1) is 18.8. The van der Waals surface area contributed by atoms with E-state index in [1.165, 1.54) is 18.3 Å². The van der Waals surface area contributed by atoms with Gasteiger partial charge >= 0.3 is 6.03 Å². The Morgan fingerprint density at radius 2 is 1.85 bits per heavy atom. The molecule has 1 fully saturated rings. The molecule has 7 nitrogen and oxygen atoms in total. The smallest absolute Gasteiger partial charge is 0.325 e. The first-order valence-electron chi connectivity index (χ1n) is 8.37. The van der Waals surface area contributed by atoms with Gasteiger partial charge in [-0.1, -0.05) is 30.3 Å². The van der Waals surface area contributed by atoms with Crippen LogP contribution in [-0.2, 0) is 21.7 Å². The van der Waals surface area contributed by atoms with Crippen LogP contribution in [0.15, 0.2) is 42.5 Å². The van der Waals surface area contributed by atoms with Crippen molar-refractivity contribution in [3.63, 3.8) is 0 Å². The summed E-state index contributed by atoms with van der Waals surface area (Å²) in [5.74, 6) is -0.937. The fourth-order valence-corrected chi connectivity index (χ4v) is 3.74. The van der Waals surface area contributed by atoms with Gasteiger partial charge in [0, 0.05) is 11.8 Å². The Balaban J connectivity index is 1.72. The van der Waals surface area contributed by atoms with Crippen LogP contribution >= 0.6 is 11.3 Å². The molecule has 4 amide bonds. The number of urea groups is 1. The number of rotatable bonds is 6. The lowest BCUT2D eigenvalue weighted by atomic mass is 9.92. The first-order valence-corrected chi connectivity index (χ1v) is 9.19. The Labute approximate surface area is 160 Å². The fraction of sp³-hybridized carbons (Fsp3) is 0.263. The van der Waals surface area contributed by atoms with E-state index in [1.54, 1.807) is 43.3 Å². The molecule has 0 unspecified atom stereocenters. The first-order chi connectivity index (χ1) is 12.8. The molecular formula is C19H19N3O4S. The summed E-state index contributed by atoms with van der Waals surface area (Å²) in [4.78, 5) is 50.9. The minimum Gasteiger partial charge on any atom is -0.351 e. The van der Waals surface area contributed by atoms with Crippen molar-refractivity contribution in [3.8, 4) is 0 Å². The summed E-state index contributed by atoms with van der Waals surface area (Å²) in [6.07, 6.45) is 0. The van der Waals surface area contributed by atoms with E-state index >= 15 is 0 Å². The van der Waals surface area contributed by atoms with Crippen LogP contribution in [0.25, 0.3) is 0 Å². The zero-order chi connectivity index (χ0) is 19.6. The molecule has 2 aromatic rings. The maximum atomic E-state index is 12.8. The molecule has 27 heavy (non-hydrogen) atoms. The topological polar surface area (TPSA) is 95.6 Å². The number of amides is 4. The fourth-order valence-electron chi connectivity index (χ4n) is 2.86. The third-order valence-electron chi connectivity index (χ3n) is 4.38. The molecule has 140 valence electrons. The molecule has 2 N–H and O–H groups in total. The average Bonchev–Trinajstić information content (AvgIpc) is 3.20. The average molecular weight is 385 g/mol. The van der Waals surface area contributed by atoms with E-state index in [0.29, 0.717) is 17.0 Å². The van der Waals surface area contributed by atoms with E-state index < -0.39 is 17.5 Å². The number of hydrogen-bond acceptors (Lipinski definition) is 5. The Morgan fingerprint density at radius 1 is 1.15 bits per heavy atom. The lowest BCUT2D eigenvalue weighted by Crippen LogP contribution is -2.41. The summed E-state index contributed by atoms with van der Waals surface area (Å²) in [6.45, 7) is 3.06. The van der Waals surface area contributed by atoms with E-state index in [0.717, 1.165) is 9.78 Å². The number of carbonyl (C=O) groups is 4. The van der Waals surface area contributed by atoms with Crippen molar-refractivity contribution in [2.24, 2.45) is 0 Å². The molecule has 1 atom stereocenters. The van der Waals surface area contributed by atoms with E-state index in [4.69, 9.17) is 0 Å². The van der Waals surface area contributed by atoms with Crippen LogP contribution in [0.2, 0.25) is 0 Å². The number of ketones is 1. The van der Waals surface area contributed by atoms with Crippen molar-refractivity contribution in [3.05, 3.63) is 57.8 Å². The van der Waals surface area contributed by atoms with E-state index in [9.17, 15) is 19.2 Å². The highest BCUT2D eigenvalue weighted by molar-refractivity contribution is 7.14. The van der Waals surface area contributed by atoms with Gasteiger partial charge in [0.05, 0.1) is 18.0 Å². The SMILES string of the molecule is CC(=O)NCc1ccc(C(=O)CN2C(=O)N[C@@](C)(c3ccccc3)C2=O)s1. The van der Waals surface area contributed by atoms with Crippen molar-refractivity contribution in [2.45, 2.75) is 25.9 Å². The van der Waals surface area contributed by atoms with Crippen LogP contribution < -0.4 is 10.6 Å². The lowest BCUT2D eigenvalue weighted by molar-refractivity contribution is -0.130. The summed E-state index contributed by atoms with van der Waals surface area (Å²) < 4.78 is 0. The third-order valence-corrected chi connectivity index (χ3v) is 5.50. The molecule has 8 heteroatoms. The minimum atomic E-state index is -1.19. The van der Waals surface area contributed by atoms with E-state index in [-0.39, 0.29) is 18.2 Å². The highest BCUT2D eigenvalue weighted by atomic mass is 32.1. The molecule has 0 radical (unpaired) electrons. The second kappa shape index (κ2) is 7.32. The second-order valence-corrected chi connectivity index (χ2v) is 7.58. The number of carbonyl (C=O) groups excluding carboxylic acids is 4. The zero-order valence-corrected chi connectivity index (χ0v) is 15.8. The number of Topliss-reactive ketones (excluding diaryl/α,β-unsaturated/α-hetero) is 1. The molecule has 0 saturated carbocycles. The number of nitrogens with one attached hydrogen (secondary N) is 2. The van der Waals surface area contributed by atoms with Crippen LogP contribution in [0.3, 0.4) is 0 Å². The summed E-state index contributed by atoms with van der Waals surface area (Å²) in [6, 6.07) is 11.7. The zero-order valence-electron chi connectivity index (χ0n) is 14.9. The van der Waals surface area contributed by atoms with Crippen molar-refractivity contribution in [1.82, 2.24) is 15.5 Å². The van der Waals surface area contributed by atoms with Gasteiger partial charge in [-0.25, -0.2) is 4.79 Å². The van der Waals surface area contributed by atoms with Gasteiger partial charge in [0.25, 0.3) is 5.91 Å². The normalized spacial score (nSPS) is 19.1. The predicted octanol–water partition coefficient (Wildman–Crippen LogP) is 2.03. The van der Waals surface area contributed by atoms with Gasteiger partial charge in [-0.05, 0) is 24.6 Å². The van der Waals surface area contributed by atoms with Crippen LogP contribution in [0.4, 0.5) is 4.79 Å². The molecular weight excluding hydrogens is 366 g/mol. The largest absolute Gasteiger partial charge is 0.351 e. The highest BCUT2D eigenvalue weighted by Gasteiger charge is 2.49. The van der Waals surface area contributed by atoms with Crippen LogP contribution in [0, 0.1) is 0 Å². The van der Waals surface area contributed by atoms with Gasteiger partial charge < -0.3 is 10.6 Å². The molecule has 0 spiro atoms. The lowest BCUT2D eigenvalue weighted by Gasteiger charge is -2.21. The standard InChI is InChI=1S/C19H19N3O4S/c1-12(23)20-10-14-8-9-16(27-14)15(24)11-22-17(25)19(2,21-18(22)26)13-6-4-3-5-7-13/h3-9H,10-11H2,1-2H3,(H,20,23)(H,21,26)/t19-/m0/s1. The number of nitrogens with zero attached hydrogens (tertiary/aromatic N) is 1. The van der Waals surface area contributed by atoms with Gasteiger partial charge in [-0.15, -0.1) is 11.3 Å². The Kier molecular flexibility index (Phi) is 5.09. The van der Waals surface area contributed by atoms with Gasteiger partial charge in [0.15, 0.2) is 5.78 Å². The van der Waals surface area contributed by atoms with Crippen molar-refractivity contribution >= 4 is 35.0 Å². The number of hydrogen-bond donors (Lipinski definition) is 2. The summed E-state index contributed by atoms with van der Waals surface area (Å²) >= 11 is 1.23. The van der Waals surface area contributed by atoms with Gasteiger partial charge in [0.1, 0.15) is 5.54 Å². The summed E-state index contributed by atoms with van der Waals surface area (Å²) in [5.41, 5.74) is -0.531. The van der Waals surface area contributed by atoms with E-state index in [2.05, 4.69) is 10.6 Å². The molecule has 0 bridgehead atoms. The van der Waals surface area contributed by atoms with Crippen LogP contribution in [0.1, 0.15) is 34.0 Å². The van der Waals surface area contributed by atoms with Gasteiger partial charge in [-0.2, -0.15) is 0 Å². The molecule has 1 saturated heterocycles. The van der Waals surface area contributed by atoms with Crippen molar-refractivity contribution < 1.29 is 19.2 Å². The number of thiophene rings is 1. The van der Waals surface area contributed by atoms with Crippen LogP contribution in [-0.4, -0.2) is 35.1 Å². The molecule has 1 aromatic heterocycles. The van der Waals surface area contributed by atoms with E-state index in [1.807, 2.05) is 6.07 Å². The van der Waals surface area contributed by atoms with Crippen molar-refractivity contribution in [2.75, 3.05) is 6.54 Å². The summed E-state index contributed by atoms with van der Waals surface area (Å²) in [7, 11) is 0. The third kappa shape index (κ3) is 3.75. The molecule has 0 aliphatic carbocycles. The second-order valence-electron chi connectivity index (χ2n) is 6.41. The molecule has 1 aliphatic heterocycles. The quantitative estimate of drug-likeness (QED) is 0.588. The number of imide groups is 1. The van der Waals surface area contributed by atoms with Gasteiger partial charge in [0.2, 0.25) is 5.91 Å². The molecule has 3 rings (SSSR count). The Morgan fingerprint density at radius 3 is 2.52 bits per heavy atom. The molecule has 1 aromatic carbocycles. The summed E-state index contributed by atoms with van der Waals surface area (Å²) in [5, 5.41) is 5.34. The van der Waals surface area contributed by atoms with Crippen LogP contribution in [0.5, 0.6) is 0 Å². The van der Waals surface area contributed by atoms with Gasteiger partial charge in [-0.3, -0.25) is 19.3 Å². The maximum absolute atomic E-state index is 12.8. The number of benzene rings is 1.